The van der Waals surface area contributed by atoms with Crippen molar-refractivity contribution in [3.63, 3.8) is 0 Å². The molecule has 0 saturated heterocycles. The largest absolute Gasteiger partial charge is 0.478 e. The van der Waals surface area contributed by atoms with Crippen LogP contribution in [0.5, 0.6) is 0 Å². The Morgan fingerprint density at radius 2 is 1.72 bits per heavy atom. The summed E-state index contributed by atoms with van der Waals surface area (Å²) in [6.07, 6.45) is 0. The van der Waals surface area contributed by atoms with Crippen molar-refractivity contribution < 1.29 is 9.90 Å². The Kier molecular flexibility index (Phi) is 2.30. The minimum Gasteiger partial charge on any atom is -0.478 e. The number of aryl methyl sites for hydroxylation is 1. The maximum Gasteiger partial charge on any atom is 0.336 e. The molecule has 3 aromatic carbocycles. The van der Waals surface area contributed by atoms with E-state index in [1.165, 1.54) is 0 Å². The molecule has 0 atom stereocenters. The maximum absolute atomic E-state index is 11.3. The quantitative estimate of drug-likeness (QED) is 0.648. The van der Waals surface area contributed by atoms with E-state index in [9.17, 15) is 9.90 Å². The monoisotopic (exact) mass is 236 g/mol. The molecule has 0 aliphatic rings. The second kappa shape index (κ2) is 3.84. The third kappa shape index (κ3) is 1.46. The summed E-state index contributed by atoms with van der Waals surface area (Å²) in [5.74, 6) is -0.876. The number of carboxylic acids is 1. The van der Waals surface area contributed by atoms with Crippen LogP contribution in [-0.2, 0) is 0 Å². The lowest BCUT2D eigenvalue weighted by atomic mass is 9.94. The lowest BCUT2D eigenvalue weighted by Gasteiger charge is -2.09. The summed E-state index contributed by atoms with van der Waals surface area (Å²) in [4.78, 5) is 11.3. The fraction of sp³-hybridized carbons (Fsp3) is 0.0625. The summed E-state index contributed by atoms with van der Waals surface area (Å²) in [5, 5.41) is 13.3. The van der Waals surface area contributed by atoms with Crippen molar-refractivity contribution in [2.24, 2.45) is 0 Å². The van der Waals surface area contributed by atoms with Crippen molar-refractivity contribution in [2.75, 3.05) is 0 Å². The van der Waals surface area contributed by atoms with E-state index in [-0.39, 0.29) is 0 Å². The molecule has 0 saturated carbocycles. The zero-order valence-electron chi connectivity index (χ0n) is 9.97. The SMILES string of the molecule is Cc1c2ccccc2cc2cccc(C(=O)O)c12. The van der Waals surface area contributed by atoms with Gasteiger partial charge < -0.3 is 5.11 Å². The van der Waals surface area contributed by atoms with Crippen LogP contribution < -0.4 is 0 Å². The minimum absolute atomic E-state index is 0.371. The molecule has 0 bridgehead atoms. The summed E-state index contributed by atoms with van der Waals surface area (Å²) in [6.45, 7) is 1.98. The number of fused-ring (bicyclic) bond motifs is 2. The summed E-state index contributed by atoms with van der Waals surface area (Å²) >= 11 is 0. The molecule has 2 nitrogen and oxygen atoms in total. The highest BCUT2D eigenvalue weighted by Crippen LogP contribution is 2.30. The zero-order valence-corrected chi connectivity index (χ0v) is 9.97. The highest BCUT2D eigenvalue weighted by atomic mass is 16.4. The highest BCUT2D eigenvalue weighted by molar-refractivity contribution is 6.10. The molecule has 0 amide bonds. The molecule has 3 rings (SSSR count). The van der Waals surface area contributed by atoms with E-state index in [1.807, 2.05) is 37.3 Å². The normalized spacial score (nSPS) is 10.9. The van der Waals surface area contributed by atoms with Gasteiger partial charge in [0.2, 0.25) is 0 Å². The number of carboxylic acid groups (broad SMARTS) is 1. The zero-order chi connectivity index (χ0) is 12.7. The molecule has 0 unspecified atom stereocenters. The Morgan fingerprint density at radius 3 is 2.50 bits per heavy atom. The molecule has 0 aliphatic carbocycles. The second-order valence-electron chi connectivity index (χ2n) is 4.43. The fourth-order valence-electron chi connectivity index (χ4n) is 2.55. The van der Waals surface area contributed by atoms with E-state index in [0.717, 1.165) is 27.1 Å². The van der Waals surface area contributed by atoms with E-state index in [4.69, 9.17) is 0 Å². The topological polar surface area (TPSA) is 37.3 Å². The number of carbonyl (C=O) groups is 1. The van der Waals surface area contributed by atoms with E-state index in [1.54, 1.807) is 12.1 Å². The maximum atomic E-state index is 11.3. The fourth-order valence-corrected chi connectivity index (χ4v) is 2.55. The number of rotatable bonds is 1. The van der Waals surface area contributed by atoms with Crippen LogP contribution in [-0.4, -0.2) is 11.1 Å². The highest BCUT2D eigenvalue weighted by Gasteiger charge is 2.12. The molecule has 0 spiro atoms. The second-order valence-corrected chi connectivity index (χ2v) is 4.43. The van der Waals surface area contributed by atoms with Gasteiger partial charge in [-0.05, 0) is 46.2 Å². The third-order valence-corrected chi connectivity index (χ3v) is 3.38. The molecule has 1 N–H and O–H groups in total. The van der Waals surface area contributed by atoms with Crippen LogP contribution >= 0.6 is 0 Å². The van der Waals surface area contributed by atoms with Crippen molar-refractivity contribution in [3.05, 3.63) is 59.7 Å². The van der Waals surface area contributed by atoms with Crippen LogP contribution in [0.1, 0.15) is 15.9 Å². The average Bonchev–Trinajstić information content (AvgIpc) is 2.38. The van der Waals surface area contributed by atoms with Crippen LogP contribution in [0, 0.1) is 6.92 Å². The smallest absolute Gasteiger partial charge is 0.336 e. The molecule has 18 heavy (non-hydrogen) atoms. The average molecular weight is 236 g/mol. The van der Waals surface area contributed by atoms with E-state index in [2.05, 4.69) is 6.07 Å². The Hall–Kier alpha value is -2.35. The first-order valence-corrected chi connectivity index (χ1v) is 5.83. The standard InChI is InChI=1S/C16H12O2/c1-10-13-7-3-2-5-11(13)9-12-6-4-8-14(15(10)12)16(17)18/h2-9H,1H3,(H,17,18). The Morgan fingerprint density at radius 1 is 1.00 bits per heavy atom. The molecule has 0 heterocycles. The van der Waals surface area contributed by atoms with Crippen LogP contribution in [0.4, 0.5) is 0 Å². The summed E-state index contributed by atoms with van der Waals surface area (Å²) < 4.78 is 0. The van der Waals surface area contributed by atoms with Gasteiger partial charge in [-0.3, -0.25) is 0 Å². The summed E-state index contributed by atoms with van der Waals surface area (Å²) in [5.41, 5.74) is 1.40. The first-order valence-electron chi connectivity index (χ1n) is 5.83. The van der Waals surface area contributed by atoms with Crippen molar-refractivity contribution >= 4 is 27.5 Å². The van der Waals surface area contributed by atoms with Crippen molar-refractivity contribution in [1.82, 2.24) is 0 Å². The molecular formula is C16H12O2. The first-order chi connectivity index (χ1) is 8.68. The summed E-state index contributed by atoms with van der Waals surface area (Å²) in [6, 6.07) is 15.5. The molecular weight excluding hydrogens is 224 g/mol. The number of aromatic carboxylic acids is 1. The van der Waals surface area contributed by atoms with Crippen molar-refractivity contribution in [1.29, 1.82) is 0 Å². The molecule has 0 aliphatic heterocycles. The van der Waals surface area contributed by atoms with Gasteiger partial charge in [-0.2, -0.15) is 0 Å². The minimum atomic E-state index is -0.876. The first kappa shape index (κ1) is 10.8. The molecule has 88 valence electrons. The van der Waals surface area contributed by atoms with Crippen molar-refractivity contribution in [3.8, 4) is 0 Å². The van der Waals surface area contributed by atoms with Gasteiger partial charge in [-0.15, -0.1) is 0 Å². The van der Waals surface area contributed by atoms with Crippen molar-refractivity contribution in [2.45, 2.75) is 6.92 Å². The Balaban J connectivity index is 2.57. The third-order valence-electron chi connectivity index (χ3n) is 3.38. The Labute approximate surface area is 104 Å². The molecule has 0 radical (unpaired) electrons. The van der Waals surface area contributed by atoms with Crippen LogP contribution in [0.2, 0.25) is 0 Å². The van der Waals surface area contributed by atoms with Crippen LogP contribution in [0.25, 0.3) is 21.5 Å². The van der Waals surface area contributed by atoms with Gasteiger partial charge in [0, 0.05) is 0 Å². The summed E-state index contributed by atoms with van der Waals surface area (Å²) in [7, 11) is 0. The molecule has 2 heteroatoms. The lowest BCUT2D eigenvalue weighted by Crippen LogP contribution is -1.98. The predicted molar refractivity (Wildman–Crippen MR) is 73.2 cm³/mol. The molecule has 3 aromatic rings. The molecule has 0 fully saturated rings. The van der Waals surface area contributed by atoms with Gasteiger partial charge in [0.25, 0.3) is 0 Å². The van der Waals surface area contributed by atoms with Gasteiger partial charge in [0.1, 0.15) is 0 Å². The van der Waals surface area contributed by atoms with E-state index in [0.29, 0.717) is 5.56 Å². The van der Waals surface area contributed by atoms with E-state index >= 15 is 0 Å². The van der Waals surface area contributed by atoms with Gasteiger partial charge in [-0.25, -0.2) is 4.79 Å². The van der Waals surface area contributed by atoms with Gasteiger partial charge >= 0.3 is 5.97 Å². The van der Waals surface area contributed by atoms with Crippen LogP contribution in [0.3, 0.4) is 0 Å². The van der Waals surface area contributed by atoms with Gasteiger partial charge in [0.05, 0.1) is 5.56 Å². The number of hydrogen-bond donors (Lipinski definition) is 1. The number of hydrogen-bond acceptors (Lipinski definition) is 1. The van der Waals surface area contributed by atoms with E-state index < -0.39 is 5.97 Å². The predicted octanol–water partition coefficient (Wildman–Crippen LogP) is 4.00. The van der Waals surface area contributed by atoms with Gasteiger partial charge in [0.15, 0.2) is 0 Å². The molecule has 0 aromatic heterocycles. The number of benzene rings is 3. The lowest BCUT2D eigenvalue weighted by molar-refractivity contribution is 0.0699. The Bertz CT molecular complexity index is 772. The van der Waals surface area contributed by atoms with Gasteiger partial charge in [-0.1, -0.05) is 36.4 Å². The van der Waals surface area contributed by atoms with Crippen LogP contribution in [0.15, 0.2) is 48.5 Å².